The standard InChI is InChI=1S/C18H16OSi.CHCl3O.Zn/c19-20(16-10-4-1-5-11-16,17-12-6-2-7-13-17)18-14-8-3-9-15-18;2-1(3,4)5;/h1-15,19H;5H;. The molecule has 0 saturated carbocycles. The first-order chi connectivity index (χ1) is 11.8. The molecular weight excluding hydrogens is 460 g/mol. The summed E-state index contributed by atoms with van der Waals surface area (Å²) in [5, 5.41) is 10.9. The Morgan fingerprint density at radius 3 is 0.962 bits per heavy atom. The van der Waals surface area contributed by atoms with Gasteiger partial charge < -0.3 is 9.90 Å². The van der Waals surface area contributed by atoms with Crippen molar-refractivity contribution in [2.45, 2.75) is 3.98 Å². The van der Waals surface area contributed by atoms with Crippen LogP contribution in [0.25, 0.3) is 0 Å². The minimum Gasteiger partial charge on any atom is -0.421 e. The summed E-state index contributed by atoms with van der Waals surface area (Å²) < 4.78 is -2.08. The van der Waals surface area contributed by atoms with Crippen molar-refractivity contribution < 1.29 is 29.4 Å². The molecule has 0 aliphatic carbocycles. The molecule has 0 saturated heterocycles. The van der Waals surface area contributed by atoms with E-state index in [1.165, 1.54) is 0 Å². The summed E-state index contributed by atoms with van der Waals surface area (Å²) in [6.07, 6.45) is 0. The van der Waals surface area contributed by atoms with E-state index in [-0.39, 0.29) is 19.5 Å². The Balaban J connectivity index is 0.000000501. The maximum atomic E-state index is 11.6. The van der Waals surface area contributed by atoms with Crippen LogP contribution in [0.15, 0.2) is 91.0 Å². The van der Waals surface area contributed by atoms with Crippen LogP contribution in [0.4, 0.5) is 0 Å². The Kier molecular flexibility index (Phi) is 9.49. The van der Waals surface area contributed by atoms with E-state index in [1.54, 1.807) is 0 Å². The van der Waals surface area contributed by atoms with Gasteiger partial charge in [-0.3, -0.25) is 0 Å². The van der Waals surface area contributed by atoms with E-state index in [0.717, 1.165) is 15.6 Å². The predicted octanol–water partition coefficient (Wildman–Crippen LogP) is 2.95. The van der Waals surface area contributed by atoms with Crippen molar-refractivity contribution in [3.63, 3.8) is 0 Å². The topological polar surface area (TPSA) is 40.5 Å². The van der Waals surface area contributed by atoms with Crippen LogP contribution in [0.2, 0.25) is 0 Å². The van der Waals surface area contributed by atoms with Crippen LogP contribution in [-0.4, -0.2) is 22.2 Å². The molecule has 7 heteroatoms. The van der Waals surface area contributed by atoms with Gasteiger partial charge in [-0.05, 0) is 15.6 Å². The second-order valence-corrected chi connectivity index (χ2v) is 10.7. The van der Waals surface area contributed by atoms with Crippen molar-refractivity contribution in [3.05, 3.63) is 91.0 Å². The molecule has 0 heterocycles. The molecular formula is C19H17Cl3O2SiZn. The summed E-state index contributed by atoms with van der Waals surface area (Å²) in [6, 6.07) is 30.0. The van der Waals surface area contributed by atoms with Crippen LogP contribution in [0.1, 0.15) is 0 Å². The van der Waals surface area contributed by atoms with Gasteiger partial charge >= 0.3 is 0 Å². The summed E-state index contributed by atoms with van der Waals surface area (Å²) in [5.74, 6) is 0. The zero-order valence-electron chi connectivity index (χ0n) is 13.9. The second kappa shape index (κ2) is 10.6. The molecule has 0 aliphatic rings. The van der Waals surface area contributed by atoms with E-state index in [9.17, 15) is 4.80 Å². The molecule has 0 aliphatic heterocycles. The molecule has 0 unspecified atom stereocenters. The third kappa shape index (κ3) is 6.79. The van der Waals surface area contributed by atoms with E-state index in [1.807, 2.05) is 91.0 Å². The van der Waals surface area contributed by atoms with Gasteiger partial charge in [0.2, 0.25) is 0 Å². The van der Waals surface area contributed by atoms with Crippen LogP contribution >= 0.6 is 34.8 Å². The first-order valence-corrected chi connectivity index (χ1v) is 10.6. The van der Waals surface area contributed by atoms with Crippen molar-refractivity contribution in [1.82, 2.24) is 0 Å². The average molecular weight is 477 g/mol. The third-order valence-corrected chi connectivity index (χ3v) is 7.08. The fourth-order valence-corrected chi connectivity index (χ4v) is 5.56. The van der Waals surface area contributed by atoms with Crippen LogP contribution < -0.4 is 15.6 Å². The first-order valence-electron chi connectivity index (χ1n) is 7.50. The quantitative estimate of drug-likeness (QED) is 0.346. The molecule has 0 aromatic heterocycles. The summed E-state index contributed by atoms with van der Waals surface area (Å²) in [5.41, 5.74) is 0. The number of hydrogen-bond acceptors (Lipinski definition) is 2. The molecule has 0 spiro atoms. The number of alkyl halides is 3. The predicted molar refractivity (Wildman–Crippen MR) is 109 cm³/mol. The maximum Gasteiger partial charge on any atom is 0.294 e. The zero-order chi connectivity index (χ0) is 18.3. The Morgan fingerprint density at radius 2 is 0.769 bits per heavy atom. The van der Waals surface area contributed by atoms with Gasteiger partial charge in [-0.25, -0.2) is 0 Å². The molecule has 3 aromatic carbocycles. The van der Waals surface area contributed by atoms with Crippen molar-refractivity contribution in [2.24, 2.45) is 0 Å². The monoisotopic (exact) mass is 474 g/mol. The summed E-state index contributed by atoms with van der Waals surface area (Å²) in [6.45, 7) is 0. The van der Waals surface area contributed by atoms with Crippen LogP contribution in [-0.2, 0) is 19.5 Å². The fourth-order valence-electron chi connectivity index (χ4n) is 2.54. The normalized spacial score (nSPS) is 11.0. The largest absolute Gasteiger partial charge is 0.421 e. The molecule has 0 amide bonds. The third-order valence-electron chi connectivity index (χ3n) is 3.57. The van der Waals surface area contributed by atoms with Gasteiger partial charge in [0.25, 0.3) is 12.3 Å². The van der Waals surface area contributed by atoms with Crippen LogP contribution in [0, 0.1) is 0 Å². The van der Waals surface area contributed by atoms with E-state index in [0.29, 0.717) is 0 Å². The van der Waals surface area contributed by atoms with Gasteiger partial charge in [0.1, 0.15) is 0 Å². The molecule has 2 nitrogen and oxygen atoms in total. The SMILES string of the molecule is OC(Cl)(Cl)Cl.O[Si](c1ccccc1)(c1ccccc1)c1ccccc1.[Zn]. The van der Waals surface area contributed by atoms with Gasteiger partial charge in [-0.2, -0.15) is 0 Å². The smallest absolute Gasteiger partial charge is 0.294 e. The summed E-state index contributed by atoms with van der Waals surface area (Å²) in [7, 11) is -2.88. The van der Waals surface area contributed by atoms with Crippen LogP contribution in [0.3, 0.4) is 0 Å². The second-order valence-electron chi connectivity index (χ2n) is 5.28. The van der Waals surface area contributed by atoms with Crippen molar-refractivity contribution in [1.29, 1.82) is 0 Å². The molecule has 0 atom stereocenters. The van der Waals surface area contributed by atoms with Gasteiger partial charge in [0.05, 0.1) is 0 Å². The maximum absolute atomic E-state index is 11.6. The Morgan fingerprint density at radius 1 is 0.577 bits per heavy atom. The summed E-state index contributed by atoms with van der Waals surface area (Å²) >= 11 is 13.8. The van der Waals surface area contributed by atoms with E-state index in [4.69, 9.17) is 5.11 Å². The number of hydrogen-bond donors (Lipinski definition) is 2. The van der Waals surface area contributed by atoms with E-state index in [2.05, 4.69) is 34.8 Å². The van der Waals surface area contributed by atoms with Crippen molar-refractivity contribution in [3.8, 4) is 0 Å². The molecule has 2 N–H and O–H groups in total. The number of aliphatic hydroxyl groups is 1. The zero-order valence-corrected chi connectivity index (χ0v) is 20.1. The Hall–Kier alpha value is -0.710. The molecule has 132 valence electrons. The minimum atomic E-state index is -2.88. The summed E-state index contributed by atoms with van der Waals surface area (Å²) in [4.78, 5) is 11.6. The molecule has 0 fully saturated rings. The number of benzene rings is 3. The van der Waals surface area contributed by atoms with E-state index < -0.39 is 12.3 Å². The van der Waals surface area contributed by atoms with Crippen molar-refractivity contribution >= 4 is 58.7 Å². The van der Waals surface area contributed by atoms with Gasteiger partial charge in [0.15, 0.2) is 0 Å². The molecule has 3 aromatic rings. The first kappa shape index (κ1) is 23.3. The minimum absolute atomic E-state index is 0. The van der Waals surface area contributed by atoms with Gasteiger partial charge in [-0.15, -0.1) is 0 Å². The Bertz CT molecular complexity index is 666. The fraction of sp³-hybridized carbons (Fsp3) is 0.0526. The molecule has 0 radical (unpaired) electrons. The number of halogens is 3. The molecule has 0 bridgehead atoms. The van der Waals surface area contributed by atoms with Gasteiger partial charge in [-0.1, -0.05) is 126 Å². The molecule has 3 rings (SSSR count). The van der Waals surface area contributed by atoms with E-state index >= 15 is 0 Å². The van der Waals surface area contributed by atoms with Gasteiger partial charge in [0, 0.05) is 19.5 Å². The molecule has 26 heavy (non-hydrogen) atoms. The average Bonchev–Trinajstić information content (AvgIpc) is 2.62. The van der Waals surface area contributed by atoms with Crippen LogP contribution in [0.5, 0.6) is 0 Å². The number of rotatable bonds is 3. The Labute approximate surface area is 182 Å². The van der Waals surface area contributed by atoms with Crippen molar-refractivity contribution in [2.75, 3.05) is 0 Å².